The number of aromatic nitrogens is 2. The summed E-state index contributed by atoms with van der Waals surface area (Å²) in [5.41, 5.74) is 0.677. The first-order valence-electron chi connectivity index (χ1n) is 4.35. The van der Waals surface area contributed by atoms with Crippen molar-refractivity contribution in [1.82, 2.24) is 9.97 Å². The average Bonchev–Trinajstić information content (AvgIpc) is 2.27. The van der Waals surface area contributed by atoms with Crippen LogP contribution < -0.4 is 5.32 Å². The van der Waals surface area contributed by atoms with E-state index in [4.69, 9.17) is 23.2 Å². The Morgan fingerprint density at radius 3 is 2.50 bits per heavy atom. The lowest BCUT2D eigenvalue weighted by atomic mass is 10.3. The van der Waals surface area contributed by atoms with E-state index in [0.29, 0.717) is 21.7 Å². The molecule has 82 valence electrons. The van der Waals surface area contributed by atoms with Crippen molar-refractivity contribution >= 4 is 50.8 Å². The Hall–Kier alpha value is -0.840. The predicted molar refractivity (Wildman–Crippen MR) is 69.5 cm³/mol. The lowest BCUT2D eigenvalue weighted by molar-refractivity contribution is 1.15. The van der Waals surface area contributed by atoms with E-state index in [1.54, 1.807) is 30.6 Å². The van der Waals surface area contributed by atoms with Crippen molar-refractivity contribution < 1.29 is 0 Å². The normalized spacial score (nSPS) is 10.2. The maximum absolute atomic E-state index is 5.99. The van der Waals surface area contributed by atoms with Crippen LogP contribution in [0.15, 0.2) is 35.1 Å². The van der Waals surface area contributed by atoms with Crippen LogP contribution in [0.4, 0.5) is 11.6 Å². The van der Waals surface area contributed by atoms with Gasteiger partial charge in [-0.25, -0.2) is 9.97 Å². The van der Waals surface area contributed by atoms with E-state index >= 15 is 0 Å². The molecular formula is C10H6BrCl2N3. The molecule has 2 rings (SSSR count). The summed E-state index contributed by atoms with van der Waals surface area (Å²) >= 11 is 15.1. The molecule has 6 heteroatoms. The Morgan fingerprint density at radius 1 is 1.12 bits per heavy atom. The molecule has 3 nitrogen and oxygen atoms in total. The van der Waals surface area contributed by atoms with Gasteiger partial charge in [0.1, 0.15) is 0 Å². The van der Waals surface area contributed by atoms with Crippen LogP contribution >= 0.6 is 39.1 Å². The summed E-state index contributed by atoms with van der Waals surface area (Å²) in [5, 5.41) is 4.15. The number of hydrogen-bond acceptors (Lipinski definition) is 3. The molecule has 0 atom stereocenters. The predicted octanol–water partition coefficient (Wildman–Crippen LogP) is 4.29. The summed E-state index contributed by atoms with van der Waals surface area (Å²) in [6.07, 6.45) is 3.29. The first-order chi connectivity index (χ1) is 7.65. The molecule has 0 saturated heterocycles. The van der Waals surface area contributed by atoms with Crippen LogP contribution in [-0.4, -0.2) is 9.97 Å². The van der Waals surface area contributed by atoms with Gasteiger partial charge >= 0.3 is 0 Å². The van der Waals surface area contributed by atoms with Crippen molar-refractivity contribution in [3.63, 3.8) is 0 Å². The van der Waals surface area contributed by atoms with Crippen LogP contribution in [0.5, 0.6) is 0 Å². The maximum atomic E-state index is 5.99. The van der Waals surface area contributed by atoms with Crippen molar-refractivity contribution in [3.05, 3.63) is 45.1 Å². The third-order valence-corrected chi connectivity index (χ3v) is 2.77. The highest BCUT2D eigenvalue weighted by molar-refractivity contribution is 9.10. The summed E-state index contributed by atoms with van der Waals surface area (Å²) in [4.78, 5) is 8.15. The molecule has 0 fully saturated rings. The topological polar surface area (TPSA) is 37.8 Å². The van der Waals surface area contributed by atoms with Crippen LogP contribution in [-0.2, 0) is 0 Å². The lowest BCUT2D eigenvalue weighted by Gasteiger charge is -2.06. The van der Waals surface area contributed by atoms with Gasteiger partial charge in [0.15, 0.2) is 0 Å². The highest BCUT2D eigenvalue weighted by atomic mass is 79.9. The second-order valence-electron chi connectivity index (χ2n) is 2.97. The molecule has 0 aliphatic carbocycles. The van der Waals surface area contributed by atoms with Crippen LogP contribution in [0.1, 0.15) is 0 Å². The molecule has 0 unspecified atom stereocenters. The highest BCUT2D eigenvalue weighted by Gasteiger charge is 2.03. The van der Waals surface area contributed by atoms with E-state index in [0.717, 1.165) is 4.47 Å². The Labute approximate surface area is 111 Å². The molecule has 0 aliphatic heterocycles. The maximum Gasteiger partial charge on any atom is 0.227 e. The molecule has 1 heterocycles. The minimum absolute atomic E-state index is 0.465. The molecule has 1 aromatic heterocycles. The van der Waals surface area contributed by atoms with Gasteiger partial charge in [0.25, 0.3) is 0 Å². The Bertz CT molecular complexity index is 502. The minimum atomic E-state index is 0.465. The largest absolute Gasteiger partial charge is 0.323 e. The summed E-state index contributed by atoms with van der Waals surface area (Å²) < 4.78 is 0.815. The molecule has 0 bridgehead atoms. The minimum Gasteiger partial charge on any atom is -0.323 e. The second kappa shape index (κ2) is 4.99. The number of hydrogen-bond donors (Lipinski definition) is 1. The number of anilines is 2. The molecule has 16 heavy (non-hydrogen) atoms. The Morgan fingerprint density at radius 2 is 1.81 bits per heavy atom. The van der Waals surface area contributed by atoms with Gasteiger partial charge in [-0.05, 0) is 34.1 Å². The summed E-state index contributed by atoms with van der Waals surface area (Å²) in [7, 11) is 0. The SMILES string of the molecule is Clc1ccc(Cl)c(Nc2ncc(Br)cn2)c1. The molecular weight excluding hydrogens is 313 g/mol. The first-order valence-corrected chi connectivity index (χ1v) is 5.89. The number of benzene rings is 1. The average molecular weight is 319 g/mol. The monoisotopic (exact) mass is 317 g/mol. The Balaban J connectivity index is 2.26. The molecule has 1 aromatic carbocycles. The first kappa shape index (κ1) is 11.6. The van der Waals surface area contributed by atoms with Gasteiger partial charge in [-0.2, -0.15) is 0 Å². The van der Waals surface area contributed by atoms with Gasteiger partial charge in [-0.1, -0.05) is 23.2 Å². The quantitative estimate of drug-likeness (QED) is 0.897. The fourth-order valence-electron chi connectivity index (χ4n) is 1.09. The van der Waals surface area contributed by atoms with Crippen molar-refractivity contribution in [2.24, 2.45) is 0 Å². The standard InChI is InChI=1S/C10H6BrCl2N3/c11-6-4-14-10(15-5-6)16-9-3-7(12)1-2-8(9)13/h1-5H,(H,14,15,16). The molecule has 0 amide bonds. The van der Waals surface area contributed by atoms with Crippen molar-refractivity contribution in [1.29, 1.82) is 0 Å². The zero-order chi connectivity index (χ0) is 11.5. The second-order valence-corrected chi connectivity index (χ2v) is 4.73. The number of halogens is 3. The van der Waals surface area contributed by atoms with Crippen molar-refractivity contribution in [2.45, 2.75) is 0 Å². The van der Waals surface area contributed by atoms with Crippen LogP contribution in [0, 0.1) is 0 Å². The number of nitrogens with zero attached hydrogens (tertiary/aromatic N) is 2. The van der Waals surface area contributed by atoms with Gasteiger partial charge in [-0.3, -0.25) is 0 Å². The van der Waals surface area contributed by atoms with Gasteiger partial charge in [0, 0.05) is 17.4 Å². The fourth-order valence-corrected chi connectivity index (χ4v) is 1.63. The van der Waals surface area contributed by atoms with Crippen molar-refractivity contribution in [2.75, 3.05) is 5.32 Å². The molecule has 0 saturated carbocycles. The van der Waals surface area contributed by atoms with Gasteiger partial charge in [-0.15, -0.1) is 0 Å². The fraction of sp³-hybridized carbons (Fsp3) is 0. The lowest BCUT2D eigenvalue weighted by Crippen LogP contribution is -1.96. The van der Waals surface area contributed by atoms with E-state index in [2.05, 4.69) is 31.2 Å². The molecule has 2 aromatic rings. The third kappa shape index (κ3) is 2.84. The van der Waals surface area contributed by atoms with E-state index < -0.39 is 0 Å². The van der Waals surface area contributed by atoms with Gasteiger partial charge < -0.3 is 5.32 Å². The van der Waals surface area contributed by atoms with E-state index in [9.17, 15) is 0 Å². The summed E-state index contributed by atoms with van der Waals surface area (Å²) in [6.45, 7) is 0. The summed E-state index contributed by atoms with van der Waals surface area (Å²) in [6, 6.07) is 5.15. The van der Waals surface area contributed by atoms with E-state index in [1.165, 1.54) is 0 Å². The van der Waals surface area contributed by atoms with E-state index in [1.807, 2.05) is 0 Å². The third-order valence-electron chi connectivity index (χ3n) is 1.80. The molecule has 0 spiro atoms. The molecule has 0 radical (unpaired) electrons. The van der Waals surface area contributed by atoms with Crippen molar-refractivity contribution in [3.8, 4) is 0 Å². The molecule has 1 N–H and O–H groups in total. The van der Waals surface area contributed by atoms with Crippen LogP contribution in [0.3, 0.4) is 0 Å². The number of nitrogens with one attached hydrogen (secondary N) is 1. The highest BCUT2D eigenvalue weighted by Crippen LogP contribution is 2.27. The zero-order valence-electron chi connectivity index (χ0n) is 7.92. The van der Waals surface area contributed by atoms with E-state index in [-0.39, 0.29) is 0 Å². The Kier molecular flexibility index (Phi) is 3.63. The summed E-state index contributed by atoms with van der Waals surface area (Å²) in [5.74, 6) is 0.465. The van der Waals surface area contributed by atoms with Gasteiger partial charge in [0.05, 0.1) is 15.2 Å². The molecule has 0 aliphatic rings. The van der Waals surface area contributed by atoms with Crippen LogP contribution in [0.2, 0.25) is 10.0 Å². The smallest absolute Gasteiger partial charge is 0.227 e. The zero-order valence-corrected chi connectivity index (χ0v) is 11.0. The van der Waals surface area contributed by atoms with Crippen LogP contribution in [0.25, 0.3) is 0 Å². The number of rotatable bonds is 2. The van der Waals surface area contributed by atoms with Gasteiger partial charge in [0.2, 0.25) is 5.95 Å².